The van der Waals surface area contributed by atoms with Crippen LogP contribution in [0.2, 0.25) is 0 Å². The second-order valence-electron chi connectivity index (χ2n) is 3.70. The van der Waals surface area contributed by atoms with Crippen LogP contribution in [0, 0.1) is 11.6 Å². The van der Waals surface area contributed by atoms with Crippen LogP contribution in [0.15, 0.2) is 41.3 Å². The molecule has 0 unspecified atom stereocenters. The van der Waals surface area contributed by atoms with Crippen LogP contribution in [0.3, 0.4) is 0 Å². The molecule has 7 heteroatoms. The Hall–Kier alpha value is -1.66. The Labute approximate surface area is 112 Å². The zero-order valence-corrected chi connectivity index (χ0v) is 10.8. The van der Waals surface area contributed by atoms with Crippen LogP contribution in [0.1, 0.15) is 0 Å². The Morgan fingerprint density at radius 3 is 2.16 bits per heavy atom. The molecular weight excluding hydrogens is 298 g/mol. The summed E-state index contributed by atoms with van der Waals surface area (Å²) in [5.41, 5.74) is -0.197. The molecule has 0 amide bonds. The summed E-state index contributed by atoms with van der Waals surface area (Å²) >= 11 is 0. The average Bonchev–Trinajstić information content (AvgIpc) is 2.34. The highest BCUT2D eigenvalue weighted by Gasteiger charge is 2.25. The summed E-state index contributed by atoms with van der Waals surface area (Å²) < 4.78 is 49.7. The first kappa shape index (κ1) is 13.8. The molecule has 3 nitrogen and oxygen atoms in total. The van der Waals surface area contributed by atoms with Gasteiger partial charge < -0.3 is 5.11 Å². The zero-order chi connectivity index (χ0) is 14.2. The molecule has 0 heterocycles. The van der Waals surface area contributed by atoms with Crippen molar-refractivity contribution in [3.63, 3.8) is 0 Å². The molecule has 0 aliphatic rings. The van der Waals surface area contributed by atoms with Gasteiger partial charge in [0.15, 0.2) is 11.6 Å². The Morgan fingerprint density at radius 1 is 1.05 bits per heavy atom. The fraction of sp³-hybridized carbons (Fsp3) is 0. The molecule has 0 aromatic heterocycles. The molecule has 0 fully saturated rings. The summed E-state index contributed by atoms with van der Waals surface area (Å²) in [5.74, 6) is -3.79. The van der Waals surface area contributed by atoms with Gasteiger partial charge in [-0.1, -0.05) is 30.3 Å². The number of aromatic hydroxyl groups is 1. The van der Waals surface area contributed by atoms with Crippen LogP contribution in [0.4, 0.5) is 8.78 Å². The minimum absolute atomic E-state index is 0.218. The SMILES string of the molecule is O=S(=O)(Cl)c1cc(O)c(-c2ccccc2)c(F)c1F. The van der Waals surface area contributed by atoms with Crippen molar-refractivity contribution >= 4 is 19.7 Å². The number of hydrogen-bond donors (Lipinski definition) is 1. The number of hydrogen-bond acceptors (Lipinski definition) is 3. The highest BCUT2D eigenvalue weighted by atomic mass is 35.7. The van der Waals surface area contributed by atoms with E-state index >= 15 is 0 Å². The van der Waals surface area contributed by atoms with Gasteiger partial charge in [0.1, 0.15) is 10.6 Å². The summed E-state index contributed by atoms with van der Waals surface area (Å²) in [6.45, 7) is 0. The van der Waals surface area contributed by atoms with Gasteiger partial charge in [-0.05, 0) is 5.56 Å². The molecular formula is C12H7ClF2O3S. The summed E-state index contributed by atoms with van der Waals surface area (Å²) in [5, 5.41) is 9.68. The Morgan fingerprint density at radius 2 is 1.63 bits per heavy atom. The Balaban J connectivity index is 2.78. The first-order chi connectivity index (χ1) is 8.82. The van der Waals surface area contributed by atoms with Crippen molar-refractivity contribution in [2.75, 3.05) is 0 Å². The molecule has 2 aromatic carbocycles. The molecule has 0 radical (unpaired) electrons. The molecule has 1 N–H and O–H groups in total. The Bertz CT molecular complexity index is 730. The van der Waals surface area contributed by atoms with Crippen molar-refractivity contribution < 1.29 is 22.3 Å². The molecule has 0 aliphatic heterocycles. The molecule has 0 saturated carbocycles. The highest BCUT2D eigenvalue weighted by molar-refractivity contribution is 8.13. The van der Waals surface area contributed by atoms with E-state index in [1.165, 1.54) is 12.1 Å². The van der Waals surface area contributed by atoms with E-state index in [0.29, 0.717) is 6.07 Å². The van der Waals surface area contributed by atoms with Gasteiger partial charge in [0, 0.05) is 16.7 Å². The van der Waals surface area contributed by atoms with E-state index in [1.54, 1.807) is 18.2 Å². The van der Waals surface area contributed by atoms with Gasteiger partial charge in [-0.15, -0.1) is 0 Å². The van der Waals surface area contributed by atoms with Crippen molar-refractivity contribution in [3.8, 4) is 16.9 Å². The third-order valence-electron chi connectivity index (χ3n) is 2.48. The standard InChI is InChI=1S/C12H7ClF2O3S/c13-19(17,18)9-6-8(16)10(12(15)11(9)14)7-4-2-1-3-5-7/h1-6,16H. The maximum absolute atomic E-state index is 13.9. The van der Waals surface area contributed by atoms with Crippen molar-refractivity contribution in [2.45, 2.75) is 4.90 Å². The van der Waals surface area contributed by atoms with Crippen molar-refractivity contribution in [2.24, 2.45) is 0 Å². The van der Waals surface area contributed by atoms with Gasteiger partial charge in [-0.3, -0.25) is 0 Å². The van der Waals surface area contributed by atoms with Crippen LogP contribution < -0.4 is 0 Å². The normalized spacial score (nSPS) is 11.5. The average molecular weight is 305 g/mol. The molecule has 100 valence electrons. The van der Waals surface area contributed by atoms with Gasteiger partial charge >= 0.3 is 0 Å². The first-order valence-corrected chi connectivity index (χ1v) is 7.34. The summed E-state index contributed by atoms with van der Waals surface area (Å²) in [4.78, 5) is -1.09. The molecule has 2 aromatic rings. The molecule has 0 atom stereocenters. The van der Waals surface area contributed by atoms with E-state index in [4.69, 9.17) is 10.7 Å². The van der Waals surface area contributed by atoms with E-state index in [-0.39, 0.29) is 5.56 Å². The lowest BCUT2D eigenvalue weighted by Gasteiger charge is -2.09. The van der Waals surface area contributed by atoms with E-state index in [0.717, 1.165) is 0 Å². The summed E-state index contributed by atoms with van der Waals surface area (Å²) in [6.07, 6.45) is 0. The number of halogens is 3. The maximum atomic E-state index is 13.9. The van der Waals surface area contributed by atoms with Crippen molar-refractivity contribution in [3.05, 3.63) is 48.0 Å². The molecule has 0 spiro atoms. The third kappa shape index (κ3) is 2.54. The van der Waals surface area contributed by atoms with Gasteiger partial charge in [-0.25, -0.2) is 17.2 Å². The van der Waals surface area contributed by atoms with Crippen LogP contribution in [0.5, 0.6) is 5.75 Å². The molecule has 2 rings (SSSR count). The monoisotopic (exact) mass is 304 g/mol. The second kappa shape index (κ2) is 4.79. The summed E-state index contributed by atoms with van der Waals surface area (Å²) in [6, 6.07) is 8.28. The molecule has 0 bridgehead atoms. The van der Waals surface area contributed by atoms with Crippen LogP contribution >= 0.6 is 10.7 Å². The van der Waals surface area contributed by atoms with Crippen LogP contribution in [-0.4, -0.2) is 13.5 Å². The summed E-state index contributed by atoms with van der Waals surface area (Å²) in [7, 11) is 0.480. The lowest BCUT2D eigenvalue weighted by Crippen LogP contribution is -2.01. The van der Waals surface area contributed by atoms with Gasteiger partial charge in [0.2, 0.25) is 0 Å². The van der Waals surface area contributed by atoms with Crippen LogP contribution in [0.25, 0.3) is 11.1 Å². The van der Waals surface area contributed by atoms with Crippen LogP contribution in [-0.2, 0) is 9.05 Å². The second-order valence-corrected chi connectivity index (χ2v) is 6.24. The zero-order valence-electron chi connectivity index (χ0n) is 9.27. The fourth-order valence-corrected chi connectivity index (χ4v) is 2.54. The maximum Gasteiger partial charge on any atom is 0.264 e. The lowest BCUT2D eigenvalue weighted by molar-refractivity contribution is 0.447. The smallest absolute Gasteiger partial charge is 0.264 e. The van der Waals surface area contributed by atoms with Gasteiger partial charge in [0.05, 0.1) is 5.56 Å². The quantitative estimate of drug-likeness (QED) is 0.866. The Kier molecular flexibility index (Phi) is 3.47. The highest BCUT2D eigenvalue weighted by Crippen LogP contribution is 2.37. The number of benzene rings is 2. The van der Waals surface area contributed by atoms with Crippen molar-refractivity contribution in [1.29, 1.82) is 0 Å². The topological polar surface area (TPSA) is 54.4 Å². The van der Waals surface area contributed by atoms with Gasteiger partial charge in [-0.2, -0.15) is 0 Å². The largest absolute Gasteiger partial charge is 0.507 e. The predicted octanol–water partition coefficient (Wildman–Crippen LogP) is 3.26. The first-order valence-electron chi connectivity index (χ1n) is 5.03. The molecule has 0 saturated heterocycles. The van der Waals surface area contributed by atoms with E-state index in [2.05, 4.69) is 0 Å². The molecule has 0 aliphatic carbocycles. The third-order valence-corrected chi connectivity index (χ3v) is 3.80. The number of phenolic OH excluding ortho intramolecular Hbond substituents is 1. The number of phenols is 1. The van der Waals surface area contributed by atoms with Crippen molar-refractivity contribution in [1.82, 2.24) is 0 Å². The fourth-order valence-electron chi connectivity index (χ4n) is 1.65. The van der Waals surface area contributed by atoms with Gasteiger partial charge in [0.25, 0.3) is 9.05 Å². The predicted molar refractivity (Wildman–Crippen MR) is 66.5 cm³/mol. The van der Waals surface area contributed by atoms with E-state index < -0.39 is 36.9 Å². The minimum Gasteiger partial charge on any atom is -0.507 e. The minimum atomic E-state index is -4.48. The number of rotatable bonds is 2. The molecule has 19 heavy (non-hydrogen) atoms. The lowest BCUT2D eigenvalue weighted by atomic mass is 10.0. The van der Waals surface area contributed by atoms with E-state index in [9.17, 15) is 22.3 Å². The van der Waals surface area contributed by atoms with E-state index in [1.807, 2.05) is 0 Å².